The first-order valence-electron chi connectivity index (χ1n) is 5.80. The monoisotopic (exact) mass is 392 g/mol. The van der Waals surface area contributed by atoms with E-state index in [0.717, 1.165) is 18.2 Å². The number of carbonyl (C=O) groups excluding carboxylic acids is 1. The number of ketones is 1. The maximum Gasteiger partial charge on any atom is 0.516 e. The molecule has 0 fully saturated rings. The Bertz CT molecular complexity index is 814. The first kappa shape index (κ1) is 18.4. The van der Waals surface area contributed by atoms with Crippen molar-refractivity contribution in [2.24, 2.45) is 0 Å². The summed E-state index contributed by atoms with van der Waals surface area (Å²) >= 11 is 0.641. The van der Waals surface area contributed by atoms with E-state index in [1.165, 1.54) is 4.72 Å². The van der Waals surface area contributed by atoms with Crippen LogP contribution in [0.15, 0.2) is 34.2 Å². The van der Waals surface area contributed by atoms with E-state index in [4.69, 9.17) is 0 Å². The van der Waals surface area contributed by atoms with Crippen molar-refractivity contribution in [2.45, 2.75) is 16.6 Å². The molecular formula is C11H6F6N2O3S2. The fourth-order valence-corrected chi connectivity index (χ4v) is 3.06. The lowest BCUT2D eigenvalue weighted by atomic mass is 10.3. The molecule has 1 aromatic carbocycles. The average molecular weight is 392 g/mol. The van der Waals surface area contributed by atoms with Gasteiger partial charge in [0.15, 0.2) is 0 Å². The molecule has 13 heteroatoms. The smallest absolute Gasteiger partial charge is 0.349 e. The lowest BCUT2D eigenvalue weighted by Gasteiger charge is -2.11. The number of fused-ring (bicyclic) bond motifs is 1. The minimum Gasteiger partial charge on any atom is -0.349 e. The lowest BCUT2D eigenvalue weighted by Crippen LogP contribution is -2.29. The van der Waals surface area contributed by atoms with Crippen LogP contribution in [0.4, 0.5) is 37.7 Å². The molecule has 0 radical (unpaired) electrons. The van der Waals surface area contributed by atoms with E-state index >= 15 is 0 Å². The topological polar surface area (TPSA) is 75.3 Å². The van der Waals surface area contributed by atoms with Gasteiger partial charge in [0.2, 0.25) is 0 Å². The number of nitrogens with one attached hydrogen (secondary N) is 2. The zero-order valence-corrected chi connectivity index (χ0v) is 12.8. The number of benzene rings is 1. The molecular weight excluding hydrogens is 386 g/mol. The Morgan fingerprint density at radius 3 is 2.33 bits per heavy atom. The highest BCUT2D eigenvalue weighted by atomic mass is 32.2. The molecule has 1 heterocycles. The first-order chi connectivity index (χ1) is 10.8. The van der Waals surface area contributed by atoms with Crippen molar-refractivity contribution in [3.05, 3.63) is 29.3 Å². The van der Waals surface area contributed by atoms with Gasteiger partial charge in [0, 0.05) is 11.0 Å². The zero-order chi connectivity index (χ0) is 18.3. The fraction of sp³-hybridized carbons (Fsp3) is 0.182. The predicted octanol–water partition coefficient (Wildman–Crippen LogP) is 3.44. The summed E-state index contributed by atoms with van der Waals surface area (Å²) in [6, 6.07) is 3.15. The second-order valence-electron chi connectivity index (χ2n) is 4.36. The molecule has 0 spiro atoms. The van der Waals surface area contributed by atoms with Gasteiger partial charge in [0.1, 0.15) is 0 Å². The summed E-state index contributed by atoms with van der Waals surface area (Å²) in [4.78, 5) is 11.0. The Kier molecular flexibility index (Phi) is 4.52. The second-order valence-corrected chi connectivity index (χ2v) is 7.12. The molecule has 1 aliphatic rings. The molecule has 24 heavy (non-hydrogen) atoms. The predicted molar refractivity (Wildman–Crippen MR) is 73.7 cm³/mol. The van der Waals surface area contributed by atoms with Crippen molar-refractivity contribution in [1.29, 1.82) is 0 Å². The molecule has 0 aliphatic carbocycles. The van der Waals surface area contributed by atoms with Gasteiger partial charge in [-0.25, -0.2) is 0 Å². The van der Waals surface area contributed by atoms with Crippen molar-refractivity contribution in [3.63, 3.8) is 0 Å². The van der Waals surface area contributed by atoms with Gasteiger partial charge in [-0.1, -0.05) is 11.8 Å². The number of anilines is 2. The number of allylic oxidation sites excluding steroid dienone is 1. The second kappa shape index (κ2) is 5.88. The third-order valence-electron chi connectivity index (χ3n) is 2.56. The van der Waals surface area contributed by atoms with Crippen LogP contribution in [-0.2, 0) is 14.8 Å². The summed E-state index contributed by atoms with van der Waals surface area (Å²) in [6.07, 6.45) is -4.76. The number of halogens is 6. The van der Waals surface area contributed by atoms with Crippen LogP contribution in [0.2, 0.25) is 0 Å². The van der Waals surface area contributed by atoms with Crippen LogP contribution in [0.5, 0.6) is 0 Å². The maximum atomic E-state index is 12.3. The van der Waals surface area contributed by atoms with Gasteiger partial charge in [-0.05, 0) is 18.2 Å². The lowest BCUT2D eigenvalue weighted by molar-refractivity contribution is -0.165. The number of hydrogen-bond donors (Lipinski definition) is 2. The van der Waals surface area contributed by atoms with E-state index in [9.17, 15) is 39.6 Å². The highest BCUT2D eigenvalue weighted by Gasteiger charge is 2.46. The summed E-state index contributed by atoms with van der Waals surface area (Å²) in [5.74, 6) is -2.11. The van der Waals surface area contributed by atoms with Crippen LogP contribution in [-0.4, -0.2) is 25.9 Å². The number of thioether (sulfide) groups is 1. The maximum absolute atomic E-state index is 12.3. The van der Waals surface area contributed by atoms with Gasteiger partial charge in [0.25, 0.3) is 5.78 Å². The molecule has 1 aromatic rings. The van der Waals surface area contributed by atoms with Gasteiger partial charge in [-0.2, -0.15) is 34.8 Å². The van der Waals surface area contributed by atoms with Crippen molar-refractivity contribution >= 4 is 38.9 Å². The van der Waals surface area contributed by atoms with Crippen molar-refractivity contribution in [3.8, 4) is 0 Å². The summed E-state index contributed by atoms with van der Waals surface area (Å²) in [5, 5.41) is 2.27. The summed E-state index contributed by atoms with van der Waals surface area (Å²) < 4.78 is 96.7. The number of hydrogen-bond acceptors (Lipinski definition) is 5. The minimum atomic E-state index is -5.62. The van der Waals surface area contributed by atoms with Gasteiger partial charge < -0.3 is 5.32 Å². The van der Waals surface area contributed by atoms with Gasteiger partial charge in [-0.3, -0.25) is 9.52 Å². The molecule has 0 unspecified atom stereocenters. The third kappa shape index (κ3) is 3.95. The number of alkyl halides is 6. The molecule has 0 bridgehead atoms. The molecule has 132 valence electrons. The summed E-state index contributed by atoms with van der Waals surface area (Å²) in [5.41, 5.74) is -5.72. The highest BCUT2D eigenvalue weighted by Crippen LogP contribution is 2.43. The van der Waals surface area contributed by atoms with Gasteiger partial charge in [0.05, 0.1) is 16.4 Å². The molecule has 0 amide bonds. The zero-order valence-electron chi connectivity index (χ0n) is 11.1. The Balaban J connectivity index is 2.21. The Labute approximate surface area is 135 Å². The molecule has 2 N–H and O–H groups in total. The van der Waals surface area contributed by atoms with E-state index in [0.29, 0.717) is 17.8 Å². The Hall–Kier alpha value is -1.89. The molecule has 2 rings (SSSR count). The molecule has 1 aliphatic heterocycles. The standard InChI is InChI=1S/C11H6F6N2O3S2/c12-10(13,14)8(20)4-9-18-6-2-1-5(3-7(6)23-9)19-24(21,22)11(15,16)17/h1-4,18-19H/b9-4+. The first-order valence-corrected chi connectivity index (χ1v) is 8.10. The number of rotatable bonds is 3. The molecule has 0 saturated heterocycles. The molecule has 5 nitrogen and oxygen atoms in total. The highest BCUT2D eigenvalue weighted by molar-refractivity contribution is 8.03. The van der Waals surface area contributed by atoms with Gasteiger partial charge in [-0.15, -0.1) is 0 Å². The molecule has 0 aromatic heterocycles. The SMILES string of the molecule is O=C(/C=C1\Nc2ccc(NS(=O)(=O)C(F)(F)F)cc2S1)C(F)(F)F. The largest absolute Gasteiger partial charge is 0.516 e. The van der Waals surface area contributed by atoms with Crippen molar-refractivity contribution in [2.75, 3.05) is 10.0 Å². The van der Waals surface area contributed by atoms with E-state index in [1.54, 1.807) is 0 Å². The number of sulfonamides is 1. The summed E-state index contributed by atoms with van der Waals surface area (Å²) in [7, 11) is -5.62. The van der Waals surface area contributed by atoms with E-state index in [1.807, 2.05) is 0 Å². The average Bonchev–Trinajstić information content (AvgIpc) is 2.77. The van der Waals surface area contributed by atoms with E-state index in [2.05, 4.69) is 5.32 Å². The quantitative estimate of drug-likeness (QED) is 0.609. The summed E-state index contributed by atoms with van der Waals surface area (Å²) in [6.45, 7) is 0. The van der Waals surface area contributed by atoms with Crippen LogP contribution in [0.3, 0.4) is 0 Å². The van der Waals surface area contributed by atoms with Crippen LogP contribution < -0.4 is 10.0 Å². The molecule has 0 atom stereocenters. The van der Waals surface area contributed by atoms with Crippen LogP contribution in [0.1, 0.15) is 0 Å². The normalized spacial score (nSPS) is 16.7. The van der Waals surface area contributed by atoms with Gasteiger partial charge >= 0.3 is 21.7 Å². The van der Waals surface area contributed by atoms with Crippen molar-refractivity contribution in [1.82, 2.24) is 0 Å². The van der Waals surface area contributed by atoms with E-state index in [-0.39, 0.29) is 15.6 Å². The van der Waals surface area contributed by atoms with Crippen LogP contribution in [0.25, 0.3) is 0 Å². The Morgan fingerprint density at radius 2 is 1.79 bits per heavy atom. The van der Waals surface area contributed by atoms with E-state index < -0.39 is 33.2 Å². The number of carbonyl (C=O) groups is 1. The van der Waals surface area contributed by atoms with Crippen LogP contribution in [0, 0.1) is 0 Å². The van der Waals surface area contributed by atoms with Crippen molar-refractivity contribution < 1.29 is 39.6 Å². The molecule has 0 saturated carbocycles. The third-order valence-corrected chi connectivity index (χ3v) is 4.67. The minimum absolute atomic E-state index is 0.151. The van der Waals surface area contributed by atoms with Crippen LogP contribution >= 0.6 is 11.8 Å². The Morgan fingerprint density at radius 1 is 1.17 bits per heavy atom. The fourth-order valence-electron chi connectivity index (χ4n) is 1.53.